The van der Waals surface area contributed by atoms with Gasteiger partial charge < -0.3 is 24.8 Å². The van der Waals surface area contributed by atoms with E-state index < -0.39 is 24.1 Å². The van der Waals surface area contributed by atoms with Crippen molar-refractivity contribution in [1.82, 2.24) is 10.6 Å². The van der Waals surface area contributed by atoms with Crippen molar-refractivity contribution in [2.24, 2.45) is 0 Å². The predicted octanol–water partition coefficient (Wildman–Crippen LogP) is 2.90. The molecule has 0 aliphatic carbocycles. The molecule has 0 radical (unpaired) electrons. The zero-order valence-corrected chi connectivity index (χ0v) is 17.1. The lowest BCUT2D eigenvalue weighted by Gasteiger charge is -2.29. The molecule has 0 fully saturated rings. The predicted molar refractivity (Wildman–Crippen MR) is 103 cm³/mol. The molecule has 0 aromatic heterocycles. The average molecular weight is 411 g/mol. The molecular formula is C19H23ClN2O6. The summed E-state index contributed by atoms with van der Waals surface area (Å²) in [5.74, 6) is -0.194. The first kappa shape index (κ1) is 21.6. The normalized spacial score (nSPS) is 17.4. The van der Waals surface area contributed by atoms with E-state index in [-0.39, 0.29) is 23.2 Å². The number of methoxy groups -OCH3 is 1. The van der Waals surface area contributed by atoms with E-state index in [1.807, 2.05) is 0 Å². The van der Waals surface area contributed by atoms with Crippen molar-refractivity contribution in [3.63, 3.8) is 0 Å². The van der Waals surface area contributed by atoms with Crippen LogP contribution < -0.4 is 20.1 Å². The minimum atomic E-state index is -0.871. The fourth-order valence-corrected chi connectivity index (χ4v) is 3.18. The maximum absolute atomic E-state index is 12.1. The number of allylic oxidation sites excluding steroid dienone is 1. The quantitative estimate of drug-likeness (QED) is 0.670. The molecule has 1 aromatic rings. The first-order valence-electron chi connectivity index (χ1n) is 8.69. The van der Waals surface area contributed by atoms with E-state index in [1.165, 1.54) is 20.1 Å². The molecule has 2 N–H and O–H groups in total. The van der Waals surface area contributed by atoms with E-state index in [4.69, 9.17) is 25.8 Å². The van der Waals surface area contributed by atoms with Gasteiger partial charge >= 0.3 is 12.0 Å². The average Bonchev–Trinajstić information content (AvgIpc) is 2.60. The van der Waals surface area contributed by atoms with Gasteiger partial charge in [-0.05, 0) is 33.8 Å². The van der Waals surface area contributed by atoms with Gasteiger partial charge in [-0.3, -0.25) is 4.79 Å². The number of urea groups is 1. The molecule has 2 unspecified atom stereocenters. The van der Waals surface area contributed by atoms with Gasteiger partial charge in [-0.15, -0.1) is 0 Å². The third kappa shape index (κ3) is 4.56. The summed E-state index contributed by atoms with van der Waals surface area (Å²) in [5, 5.41) is 5.52. The highest BCUT2D eigenvalue weighted by atomic mass is 35.5. The lowest BCUT2D eigenvalue weighted by molar-refractivity contribution is -0.150. The Kier molecular flexibility index (Phi) is 6.90. The third-order valence-corrected chi connectivity index (χ3v) is 4.49. The zero-order chi connectivity index (χ0) is 21.0. The van der Waals surface area contributed by atoms with Crippen LogP contribution in [0.5, 0.6) is 11.5 Å². The summed E-state index contributed by atoms with van der Waals surface area (Å²) in [6.07, 6.45) is -0.871. The molecule has 2 rings (SSSR count). The monoisotopic (exact) mass is 410 g/mol. The number of Topliss-reactive ketones (excluding diaryl/α,β-unsaturated/α-hetero) is 1. The Labute approximate surface area is 168 Å². The number of amides is 2. The molecular weight excluding hydrogens is 388 g/mol. The number of ether oxygens (including phenoxy) is 3. The molecule has 0 saturated heterocycles. The molecule has 1 aromatic carbocycles. The van der Waals surface area contributed by atoms with Crippen LogP contribution in [0.3, 0.4) is 0 Å². The maximum atomic E-state index is 12.1. The highest BCUT2D eigenvalue weighted by Gasteiger charge is 2.32. The van der Waals surface area contributed by atoms with Crippen LogP contribution in [-0.2, 0) is 14.3 Å². The van der Waals surface area contributed by atoms with Gasteiger partial charge in [0.2, 0.25) is 0 Å². The molecule has 1 aliphatic heterocycles. The number of ketones is 1. The molecule has 28 heavy (non-hydrogen) atoms. The smallest absolute Gasteiger partial charge is 0.347 e. The maximum Gasteiger partial charge on any atom is 0.347 e. The summed E-state index contributed by atoms with van der Waals surface area (Å²) in [6.45, 7) is 6.54. The summed E-state index contributed by atoms with van der Waals surface area (Å²) in [5.41, 5.74) is 1.30. The van der Waals surface area contributed by atoms with Gasteiger partial charge in [0.15, 0.2) is 23.4 Å². The van der Waals surface area contributed by atoms with Gasteiger partial charge in [0.05, 0.1) is 24.8 Å². The molecule has 9 heteroatoms. The second kappa shape index (κ2) is 8.97. The standard InChI is InChI=1S/C19H23ClN2O6/c1-6-27-18(24)11(4)28-15-8-13(20)12(7-14(15)26-5)17-16(10(3)23)9(2)21-19(25)22-17/h7-8,11,17H,6H2,1-5H3,(H2,21,22,25). The van der Waals surface area contributed by atoms with Crippen molar-refractivity contribution in [2.45, 2.75) is 39.8 Å². The zero-order valence-electron chi connectivity index (χ0n) is 16.3. The first-order chi connectivity index (χ1) is 13.2. The molecule has 8 nitrogen and oxygen atoms in total. The molecule has 1 heterocycles. The van der Waals surface area contributed by atoms with Crippen molar-refractivity contribution in [2.75, 3.05) is 13.7 Å². The van der Waals surface area contributed by atoms with E-state index in [2.05, 4.69) is 10.6 Å². The number of hydrogen-bond acceptors (Lipinski definition) is 6. The van der Waals surface area contributed by atoms with Crippen LogP contribution >= 0.6 is 11.6 Å². The number of rotatable bonds is 7. The minimum Gasteiger partial charge on any atom is -0.493 e. The topological polar surface area (TPSA) is 103 Å². The van der Waals surface area contributed by atoms with E-state index in [0.29, 0.717) is 22.6 Å². The number of halogens is 1. The molecule has 0 saturated carbocycles. The van der Waals surface area contributed by atoms with Crippen molar-refractivity contribution < 1.29 is 28.6 Å². The summed E-state index contributed by atoms with van der Waals surface area (Å²) in [6, 6.07) is 1.86. The number of carbonyl (C=O) groups is 3. The van der Waals surface area contributed by atoms with Gasteiger partial charge in [0, 0.05) is 22.9 Å². The van der Waals surface area contributed by atoms with Crippen LogP contribution in [0.15, 0.2) is 23.4 Å². The second-order valence-electron chi connectivity index (χ2n) is 6.16. The molecule has 1 aliphatic rings. The molecule has 0 bridgehead atoms. The molecule has 0 spiro atoms. The van der Waals surface area contributed by atoms with Crippen molar-refractivity contribution >= 4 is 29.4 Å². The van der Waals surface area contributed by atoms with Gasteiger partial charge in [0.25, 0.3) is 0 Å². The lowest BCUT2D eigenvalue weighted by Crippen LogP contribution is -2.44. The van der Waals surface area contributed by atoms with Crippen molar-refractivity contribution in [1.29, 1.82) is 0 Å². The third-order valence-electron chi connectivity index (χ3n) is 4.16. The van der Waals surface area contributed by atoms with Gasteiger partial charge in [0.1, 0.15) is 0 Å². The van der Waals surface area contributed by atoms with Crippen molar-refractivity contribution in [3.05, 3.63) is 34.0 Å². The number of carbonyl (C=O) groups excluding carboxylic acids is 3. The lowest BCUT2D eigenvalue weighted by atomic mass is 9.92. The fraction of sp³-hybridized carbons (Fsp3) is 0.421. The van der Waals surface area contributed by atoms with Crippen LogP contribution in [0.2, 0.25) is 5.02 Å². The summed E-state index contributed by atoms with van der Waals surface area (Å²) >= 11 is 6.42. The first-order valence-corrected chi connectivity index (χ1v) is 9.07. The van der Waals surface area contributed by atoms with E-state index >= 15 is 0 Å². The minimum absolute atomic E-state index is 0.207. The number of nitrogens with one attached hydrogen (secondary N) is 2. The van der Waals surface area contributed by atoms with E-state index in [1.54, 1.807) is 26.8 Å². The van der Waals surface area contributed by atoms with Crippen LogP contribution in [0, 0.1) is 0 Å². The number of hydrogen-bond donors (Lipinski definition) is 2. The van der Waals surface area contributed by atoms with Crippen LogP contribution in [0.1, 0.15) is 39.3 Å². The van der Waals surface area contributed by atoms with Crippen LogP contribution in [-0.4, -0.2) is 37.6 Å². The fourth-order valence-electron chi connectivity index (χ4n) is 2.92. The van der Waals surface area contributed by atoms with E-state index in [9.17, 15) is 14.4 Å². The van der Waals surface area contributed by atoms with Gasteiger partial charge in [-0.25, -0.2) is 9.59 Å². The summed E-state index contributed by atoms with van der Waals surface area (Å²) in [7, 11) is 1.43. The Bertz CT molecular complexity index is 836. The summed E-state index contributed by atoms with van der Waals surface area (Å²) < 4.78 is 15.9. The van der Waals surface area contributed by atoms with Crippen LogP contribution in [0.4, 0.5) is 4.79 Å². The Morgan fingerprint density at radius 2 is 1.96 bits per heavy atom. The van der Waals surface area contributed by atoms with Gasteiger partial charge in [-0.1, -0.05) is 11.6 Å². The number of benzene rings is 1. The Morgan fingerprint density at radius 3 is 2.54 bits per heavy atom. The highest BCUT2D eigenvalue weighted by Crippen LogP contribution is 2.39. The molecule has 152 valence electrons. The molecule has 2 atom stereocenters. The van der Waals surface area contributed by atoms with E-state index in [0.717, 1.165) is 0 Å². The van der Waals surface area contributed by atoms with Gasteiger partial charge in [-0.2, -0.15) is 0 Å². The Balaban J connectivity index is 2.45. The summed E-state index contributed by atoms with van der Waals surface area (Å²) in [4.78, 5) is 35.9. The van der Waals surface area contributed by atoms with Crippen molar-refractivity contribution in [3.8, 4) is 11.5 Å². The second-order valence-corrected chi connectivity index (χ2v) is 6.57. The Hall–Kier alpha value is -2.74. The number of esters is 1. The van der Waals surface area contributed by atoms with Crippen LogP contribution in [0.25, 0.3) is 0 Å². The largest absolute Gasteiger partial charge is 0.493 e. The SMILES string of the molecule is CCOC(=O)C(C)Oc1cc(Cl)c(C2NC(=O)NC(C)=C2C(C)=O)cc1OC. The Morgan fingerprint density at radius 1 is 1.29 bits per heavy atom. The highest BCUT2D eigenvalue weighted by molar-refractivity contribution is 6.31. The molecule has 2 amide bonds.